The second-order valence-electron chi connectivity index (χ2n) is 7.21. The van der Waals surface area contributed by atoms with Gasteiger partial charge in [-0.15, -0.1) is 0 Å². The van der Waals surface area contributed by atoms with Crippen molar-refractivity contribution in [1.29, 1.82) is 0 Å². The largest absolute Gasteiger partial charge is 0.241 e. The first-order valence-corrected chi connectivity index (χ1v) is 11.7. The smallest absolute Gasteiger partial charge is 0.238 e. The number of hydrogen-bond donors (Lipinski definition) is 1. The van der Waals surface area contributed by atoms with Crippen molar-refractivity contribution in [2.24, 2.45) is 5.92 Å². The van der Waals surface area contributed by atoms with Crippen molar-refractivity contribution in [1.82, 2.24) is 14.5 Å². The van der Waals surface area contributed by atoms with Gasteiger partial charge in [-0.25, -0.2) is 17.8 Å². The van der Waals surface area contributed by atoms with Gasteiger partial charge in [0, 0.05) is 9.26 Å². The van der Waals surface area contributed by atoms with Crippen molar-refractivity contribution in [3.05, 3.63) is 75.1 Å². The number of rotatable bonds is 7. The Morgan fingerprint density at radius 1 is 1.11 bits per heavy atom. The van der Waals surface area contributed by atoms with Crippen molar-refractivity contribution in [2.75, 3.05) is 0 Å². The van der Waals surface area contributed by atoms with Crippen molar-refractivity contribution < 1.29 is 8.42 Å². The van der Waals surface area contributed by atoms with Gasteiger partial charge in [0.2, 0.25) is 10.0 Å². The lowest BCUT2D eigenvalue weighted by molar-refractivity contribution is 0.579. The van der Waals surface area contributed by atoms with Crippen LogP contribution in [-0.2, 0) is 23.0 Å². The van der Waals surface area contributed by atoms with Gasteiger partial charge in [0.15, 0.2) is 0 Å². The number of aryl methyl sites for hydroxylation is 1. The third kappa shape index (κ3) is 5.01. The Morgan fingerprint density at radius 2 is 1.82 bits per heavy atom. The molecule has 0 aliphatic rings. The third-order valence-electron chi connectivity index (χ3n) is 4.32. The molecule has 3 rings (SSSR count). The molecule has 0 amide bonds. The fraction of sp³-hybridized carbons (Fsp3) is 0.286. The molecule has 1 N–H and O–H groups in total. The molecule has 0 radical (unpaired) electrons. The lowest BCUT2D eigenvalue weighted by Crippen LogP contribution is -2.24. The van der Waals surface area contributed by atoms with Gasteiger partial charge < -0.3 is 0 Å². The summed E-state index contributed by atoms with van der Waals surface area (Å²) in [6, 6.07) is 17.2. The van der Waals surface area contributed by atoms with E-state index in [0.717, 1.165) is 26.9 Å². The lowest BCUT2D eigenvalue weighted by atomic mass is 10.1. The van der Waals surface area contributed by atoms with Gasteiger partial charge in [-0.2, -0.15) is 5.10 Å². The van der Waals surface area contributed by atoms with Crippen molar-refractivity contribution >= 4 is 32.6 Å². The minimum absolute atomic E-state index is 0.151. The van der Waals surface area contributed by atoms with E-state index in [1.54, 1.807) is 12.1 Å². The lowest BCUT2D eigenvalue weighted by Gasteiger charge is -2.09. The molecule has 0 fully saturated rings. The summed E-state index contributed by atoms with van der Waals surface area (Å²) in [7, 11) is -3.60. The molecular weight excluding hydrogens is 485 g/mol. The van der Waals surface area contributed by atoms with Crippen LogP contribution in [0.25, 0.3) is 5.69 Å². The van der Waals surface area contributed by atoms with Crippen LogP contribution in [0.4, 0.5) is 0 Å². The van der Waals surface area contributed by atoms with Gasteiger partial charge >= 0.3 is 0 Å². The van der Waals surface area contributed by atoms with Crippen LogP contribution in [0.5, 0.6) is 0 Å². The zero-order valence-corrected chi connectivity index (χ0v) is 19.2. The molecule has 7 heteroatoms. The average molecular weight is 509 g/mol. The third-order valence-corrected chi connectivity index (χ3v) is 6.55. The zero-order valence-electron chi connectivity index (χ0n) is 16.2. The standard InChI is InChI=1S/C21H24IN3O2S/c1-15(2)11-20-13-18(24-25(20)19-7-5-4-6-8-19)14-23-28(26,27)21-10-9-17(22)12-16(21)3/h4-10,12-13,15,23H,11,14H2,1-3H3. The molecule has 3 aromatic rings. The summed E-state index contributed by atoms with van der Waals surface area (Å²) in [6.45, 7) is 6.27. The number of nitrogens with zero attached hydrogens (tertiary/aromatic N) is 2. The number of para-hydroxylation sites is 1. The number of nitrogens with one attached hydrogen (secondary N) is 1. The summed E-state index contributed by atoms with van der Waals surface area (Å²) >= 11 is 2.17. The second-order valence-corrected chi connectivity index (χ2v) is 10.2. The van der Waals surface area contributed by atoms with Crippen LogP contribution in [-0.4, -0.2) is 18.2 Å². The first kappa shape index (κ1) is 21.0. The van der Waals surface area contributed by atoms with Gasteiger partial charge in [0.05, 0.1) is 22.8 Å². The number of benzene rings is 2. The molecule has 2 aromatic carbocycles. The zero-order chi connectivity index (χ0) is 20.3. The molecule has 0 atom stereocenters. The summed E-state index contributed by atoms with van der Waals surface area (Å²) in [6.07, 6.45) is 0.866. The molecule has 1 heterocycles. The van der Waals surface area contributed by atoms with E-state index in [1.807, 2.05) is 54.1 Å². The predicted octanol–water partition coefficient (Wildman–Crippen LogP) is 4.46. The van der Waals surface area contributed by atoms with E-state index < -0.39 is 10.0 Å². The summed E-state index contributed by atoms with van der Waals surface area (Å²) in [5, 5.41) is 4.66. The van der Waals surface area contributed by atoms with Crippen LogP contribution in [0.3, 0.4) is 0 Å². The van der Waals surface area contributed by atoms with Crippen molar-refractivity contribution in [2.45, 2.75) is 38.6 Å². The minimum atomic E-state index is -3.60. The Kier molecular flexibility index (Phi) is 6.57. The number of hydrogen-bond acceptors (Lipinski definition) is 3. The topological polar surface area (TPSA) is 64.0 Å². The molecule has 0 aliphatic heterocycles. The highest BCUT2D eigenvalue weighted by atomic mass is 127. The van der Waals surface area contributed by atoms with Crippen LogP contribution in [0.2, 0.25) is 0 Å². The van der Waals surface area contributed by atoms with Gasteiger partial charge in [0.1, 0.15) is 0 Å². The summed E-state index contributed by atoms with van der Waals surface area (Å²) < 4.78 is 31.1. The highest BCUT2D eigenvalue weighted by Crippen LogP contribution is 2.19. The summed E-state index contributed by atoms with van der Waals surface area (Å²) in [5.74, 6) is 0.471. The Labute approximate surface area is 180 Å². The molecule has 0 bridgehead atoms. The summed E-state index contributed by atoms with van der Waals surface area (Å²) in [5.41, 5.74) is 3.47. The molecule has 1 aromatic heterocycles. The van der Waals surface area contributed by atoms with E-state index >= 15 is 0 Å². The number of halogens is 1. The molecule has 5 nitrogen and oxygen atoms in total. The monoisotopic (exact) mass is 509 g/mol. The van der Waals surface area contributed by atoms with Gasteiger partial charge in [-0.1, -0.05) is 32.0 Å². The Hall–Kier alpha value is -1.71. The predicted molar refractivity (Wildman–Crippen MR) is 120 cm³/mol. The normalized spacial score (nSPS) is 11.9. The van der Waals surface area contributed by atoms with Crippen LogP contribution in [0.15, 0.2) is 59.5 Å². The molecule has 0 spiro atoms. The van der Waals surface area contributed by atoms with Crippen LogP contribution in [0.1, 0.15) is 30.8 Å². The van der Waals surface area contributed by atoms with Crippen LogP contribution >= 0.6 is 22.6 Å². The van der Waals surface area contributed by atoms with Crippen molar-refractivity contribution in [3.8, 4) is 5.69 Å². The van der Waals surface area contributed by atoms with Crippen LogP contribution < -0.4 is 4.72 Å². The minimum Gasteiger partial charge on any atom is -0.238 e. The van der Waals surface area contributed by atoms with E-state index in [4.69, 9.17) is 0 Å². The molecule has 0 aliphatic carbocycles. The molecule has 0 saturated heterocycles. The molecule has 148 valence electrons. The molecule has 0 saturated carbocycles. The van der Waals surface area contributed by atoms with Gasteiger partial charge in [0.25, 0.3) is 0 Å². The molecule has 28 heavy (non-hydrogen) atoms. The van der Waals surface area contributed by atoms with E-state index in [2.05, 4.69) is 46.3 Å². The fourth-order valence-corrected chi connectivity index (χ4v) is 4.95. The average Bonchev–Trinajstić information content (AvgIpc) is 3.02. The van der Waals surface area contributed by atoms with Crippen molar-refractivity contribution in [3.63, 3.8) is 0 Å². The molecule has 0 unspecified atom stereocenters. The highest BCUT2D eigenvalue weighted by molar-refractivity contribution is 14.1. The van der Waals surface area contributed by atoms with E-state index in [9.17, 15) is 8.42 Å². The van der Waals surface area contributed by atoms with E-state index in [0.29, 0.717) is 16.5 Å². The Bertz CT molecular complexity index is 1060. The first-order chi connectivity index (χ1) is 13.3. The van der Waals surface area contributed by atoms with Gasteiger partial charge in [-0.05, 0) is 83.8 Å². The van der Waals surface area contributed by atoms with Gasteiger partial charge in [-0.3, -0.25) is 0 Å². The fourth-order valence-electron chi connectivity index (χ4n) is 3.08. The second kappa shape index (κ2) is 8.75. The molecular formula is C21H24IN3O2S. The first-order valence-electron chi connectivity index (χ1n) is 9.15. The summed E-state index contributed by atoms with van der Waals surface area (Å²) in [4.78, 5) is 0.304. The quantitative estimate of drug-likeness (QED) is 0.479. The SMILES string of the molecule is Cc1cc(I)ccc1S(=O)(=O)NCc1cc(CC(C)C)n(-c2ccccc2)n1. The maximum Gasteiger partial charge on any atom is 0.241 e. The Morgan fingerprint density at radius 3 is 2.46 bits per heavy atom. The van der Waals surface area contributed by atoms with Crippen LogP contribution in [0, 0.1) is 16.4 Å². The maximum absolute atomic E-state index is 12.7. The Balaban J connectivity index is 1.85. The number of sulfonamides is 1. The van der Waals surface area contributed by atoms with E-state index in [1.165, 1.54) is 0 Å². The highest BCUT2D eigenvalue weighted by Gasteiger charge is 2.18. The number of aromatic nitrogens is 2. The van der Waals surface area contributed by atoms with E-state index in [-0.39, 0.29) is 6.54 Å². The maximum atomic E-state index is 12.7.